The van der Waals surface area contributed by atoms with Crippen LogP contribution in [0.1, 0.15) is 5.56 Å². The van der Waals surface area contributed by atoms with Gasteiger partial charge in [0.05, 0.1) is 28.5 Å². The molecule has 0 bridgehead atoms. The van der Waals surface area contributed by atoms with Gasteiger partial charge in [-0.05, 0) is 6.07 Å². The van der Waals surface area contributed by atoms with Crippen molar-refractivity contribution in [2.75, 3.05) is 11.0 Å². The second kappa shape index (κ2) is 3.54. The molecule has 0 radical (unpaired) electrons. The third kappa shape index (κ3) is 1.85. The van der Waals surface area contributed by atoms with Gasteiger partial charge in [-0.15, -0.1) is 6.42 Å². The molecule has 0 aliphatic rings. The Labute approximate surface area is 92.9 Å². The van der Waals surface area contributed by atoms with Crippen molar-refractivity contribution in [2.24, 2.45) is 0 Å². The van der Waals surface area contributed by atoms with Gasteiger partial charge in [-0.25, -0.2) is 8.42 Å². The molecule has 0 saturated heterocycles. The maximum atomic E-state index is 11.2. The summed E-state index contributed by atoms with van der Waals surface area (Å²) in [7, 11) is -3.37. The molecule has 0 saturated carbocycles. The molecular formula is C10H9N3O2S. The van der Waals surface area contributed by atoms with Crippen LogP contribution in [0, 0.1) is 12.3 Å². The van der Waals surface area contributed by atoms with Crippen LogP contribution in [0.15, 0.2) is 18.5 Å². The average Bonchev–Trinajstić information content (AvgIpc) is 2.64. The first-order valence-electron chi connectivity index (χ1n) is 4.42. The van der Waals surface area contributed by atoms with E-state index >= 15 is 0 Å². The van der Waals surface area contributed by atoms with E-state index in [-0.39, 0.29) is 0 Å². The molecule has 2 aromatic rings. The van der Waals surface area contributed by atoms with Gasteiger partial charge in [0.1, 0.15) is 0 Å². The van der Waals surface area contributed by atoms with Crippen molar-refractivity contribution in [1.82, 2.24) is 9.97 Å². The fraction of sp³-hybridized carbons (Fsp3) is 0.100. The molecular weight excluding hydrogens is 226 g/mol. The van der Waals surface area contributed by atoms with Crippen LogP contribution in [0.25, 0.3) is 11.0 Å². The first-order valence-corrected chi connectivity index (χ1v) is 6.31. The van der Waals surface area contributed by atoms with E-state index in [1.807, 2.05) is 0 Å². The Kier molecular flexibility index (Phi) is 2.33. The quantitative estimate of drug-likeness (QED) is 0.760. The Morgan fingerprint density at radius 2 is 2.31 bits per heavy atom. The third-order valence-electron chi connectivity index (χ3n) is 2.02. The van der Waals surface area contributed by atoms with Crippen LogP contribution >= 0.6 is 0 Å². The highest BCUT2D eigenvalue weighted by Gasteiger charge is 2.12. The zero-order valence-corrected chi connectivity index (χ0v) is 9.30. The molecule has 6 heteroatoms. The highest BCUT2D eigenvalue weighted by molar-refractivity contribution is 7.92. The summed E-state index contributed by atoms with van der Waals surface area (Å²) in [6, 6.07) is 1.74. The Balaban J connectivity index is 2.73. The van der Waals surface area contributed by atoms with Crippen LogP contribution in [0.4, 0.5) is 5.69 Å². The summed E-state index contributed by atoms with van der Waals surface area (Å²) in [6.45, 7) is 0. The Morgan fingerprint density at radius 3 is 2.94 bits per heavy atom. The van der Waals surface area contributed by atoms with Crippen LogP contribution in [0.5, 0.6) is 0 Å². The predicted octanol–water partition coefficient (Wildman–Crippen LogP) is 0.916. The Morgan fingerprint density at radius 1 is 1.56 bits per heavy atom. The average molecular weight is 235 g/mol. The second-order valence-corrected chi connectivity index (χ2v) is 5.05. The lowest BCUT2D eigenvalue weighted by atomic mass is 10.2. The largest absolute Gasteiger partial charge is 0.358 e. The smallest absolute Gasteiger partial charge is 0.229 e. The number of hydrogen-bond acceptors (Lipinski definition) is 3. The van der Waals surface area contributed by atoms with Gasteiger partial charge in [-0.3, -0.25) is 9.71 Å². The molecule has 0 atom stereocenters. The standard InChI is InChI=1S/C10H9N3O2S/c1-3-7-6-12-8-4-5-11-10(8)9(7)13-16(2,14)15/h1,4-6,11H,2H3,(H,12,13). The SMILES string of the molecule is C#Cc1cnc2cc[nH]c2c1NS(C)(=O)=O. The van der Waals surface area contributed by atoms with Crippen LogP contribution in [0.2, 0.25) is 0 Å². The van der Waals surface area contributed by atoms with E-state index in [2.05, 4.69) is 20.6 Å². The molecule has 16 heavy (non-hydrogen) atoms. The number of rotatable bonds is 2. The number of aromatic amines is 1. The van der Waals surface area contributed by atoms with Gasteiger partial charge < -0.3 is 4.98 Å². The van der Waals surface area contributed by atoms with Gasteiger partial charge in [-0.2, -0.15) is 0 Å². The molecule has 0 amide bonds. The lowest BCUT2D eigenvalue weighted by Gasteiger charge is -2.07. The number of pyridine rings is 1. The number of sulfonamides is 1. The maximum absolute atomic E-state index is 11.2. The fourth-order valence-electron chi connectivity index (χ4n) is 1.40. The number of H-pyrrole nitrogens is 1. The molecule has 0 spiro atoms. The maximum Gasteiger partial charge on any atom is 0.229 e. The lowest BCUT2D eigenvalue weighted by molar-refractivity contribution is 0.607. The van der Waals surface area contributed by atoms with Gasteiger partial charge in [0, 0.05) is 12.4 Å². The van der Waals surface area contributed by atoms with E-state index in [0.717, 1.165) is 6.26 Å². The van der Waals surface area contributed by atoms with Crippen LogP contribution in [-0.2, 0) is 10.0 Å². The molecule has 2 aromatic heterocycles. The van der Waals surface area contributed by atoms with Crippen LogP contribution in [0.3, 0.4) is 0 Å². The van der Waals surface area contributed by atoms with Crippen molar-refractivity contribution >= 4 is 26.7 Å². The highest BCUT2D eigenvalue weighted by Crippen LogP contribution is 2.24. The van der Waals surface area contributed by atoms with Gasteiger partial charge in [0.2, 0.25) is 10.0 Å². The first-order chi connectivity index (χ1) is 7.51. The van der Waals surface area contributed by atoms with Crippen molar-refractivity contribution in [2.45, 2.75) is 0 Å². The molecule has 2 N–H and O–H groups in total. The third-order valence-corrected chi connectivity index (χ3v) is 2.59. The minimum absolute atomic E-state index is 0.361. The van der Waals surface area contributed by atoms with Gasteiger partial charge in [-0.1, -0.05) is 5.92 Å². The topological polar surface area (TPSA) is 74.8 Å². The monoisotopic (exact) mass is 235 g/mol. The molecule has 82 valence electrons. The van der Waals surface area contributed by atoms with Crippen molar-refractivity contribution in [1.29, 1.82) is 0 Å². The number of nitrogens with zero attached hydrogens (tertiary/aromatic N) is 1. The first kappa shape index (κ1) is 10.5. The minimum atomic E-state index is -3.37. The highest BCUT2D eigenvalue weighted by atomic mass is 32.2. The molecule has 0 aliphatic heterocycles. The van der Waals surface area contributed by atoms with Crippen molar-refractivity contribution in [3.63, 3.8) is 0 Å². The normalized spacial score (nSPS) is 11.2. The van der Waals surface area contributed by atoms with E-state index in [0.29, 0.717) is 22.3 Å². The summed E-state index contributed by atoms with van der Waals surface area (Å²) in [5, 5.41) is 0. The predicted molar refractivity (Wildman–Crippen MR) is 62.5 cm³/mol. The zero-order valence-electron chi connectivity index (χ0n) is 8.48. The molecule has 5 nitrogen and oxygen atoms in total. The Bertz CT molecular complexity index is 680. The van der Waals surface area contributed by atoms with E-state index in [4.69, 9.17) is 6.42 Å². The molecule has 0 fully saturated rings. The fourth-order valence-corrected chi connectivity index (χ4v) is 1.99. The summed E-state index contributed by atoms with van der Waals surface area (Å²) in [5.74, 6) is 2.39. The van der Waals surface area contributed by atoms with Gasteiger partial charge >= 0.3 is 0 Å². The minimum Gasteiger partial charge on any atom is -0.358 e. The van der Waals surface area contributed by atoms with E-state index in [1.165, 1.54) is 6.20 Å². The summed E-state index contributed by atoms with van der Waals surface area (Å²) in [5.41, 5.74) is 2.01. The summed E-state index contributed by atoms with van der Waals surface area (Å²) >= 11 is 0. The molecule has 2 heterocycles. The molecule has 2 rings (SSSR count). The Hall–Kier alpha value is -2.00. The molecule has 0 aliphatic carbocycles. The number of fused-ring (bicyclic) bond motifs is 1. The van der Waals surface area contributed by atoms with E-state index < -0.39 is 10.0 Å². The number of nitrogens with one attached hydrogen (secondary N) is 2. The van der Waals surface area contributed by atoms with Crippen LogP contribution in [-0.4, -0.2) is 24.6 Å². The number of hydrogen-bond donors (Lipinski definition) is 2. The number of aromatic nitrogens is 2. The van der Waals surface area contributed by atoms with Crippen molar-refractivity contribution in [3.8, 4) is 12.3 Å². The van der Waals surface area contributed by atoms with Crippen molar-refractivity contribution < 1.29 is 8.42 Å². The van der Waals surface area contributed by atoms with Gasteiger partial charge in [0.15, 0.2) is 0 Å². The second-order valence-electron chi connectivity index (χ2n) is 3.30. The number of terminal acetylenes is 1. The summed E-state index contributed by atoms with van der Waals surface area (Å²) in [6.07, 6.45) is 9.50. The summed E-state index contributed by atoms with van der Waals surface area (Å²) < 4.78 is 24.8. The zero-order chi connectivity index (χ0) is 11.8. The van der Waals surface area contributed by atoms with Crippen molar-refractivity contribution in [3.05, 3.63) is 24.0 Å². The number of anilines is 1. The van der Waals surface area contributed by atoms with E-state index in [9.17, 15) is 8.42 Å². The molecule has 0 unspecified atom stereocenters. The summed E-state index contributed by atoms with van der Waals surface area (Å²) in [4.78, 5) is 6.99. The van der Waals surface area contributed by atoms with Gasteiger partial charge in [0.25, 0.3) is 0 Å². The van der Waals surface area contributed by atoms with Crippen LogP contribution < -0.4 is 4.72 Å². The lowest BCUT2D eigenvalue weighted by Crippen LogP contribution is -2.11. The molecule has 0 aromatic carbocycles. The van der Waals surface area contributed by atoms with E-state index in [1.54, 1.807) is 12.3 Å².